The summed E-state index contributed by atoms with van der Waals surface area (Å²) >= 11 is 2.77. The molecule has 5 N–H and O–H groups in total. The lowest BCUT2D eigenvalue weighted by Crippen LogP contribution is -2.70. The fourth-order valence-electron chi connectivity index (χ4n) is 3.90. The van der Waals surface area contributed by atoms with Crippen LogP contribution in [0.25, 0.3) is 16.3 Å². The molecule has 12 heteroatoms. The topological polar surface area (TPSA) is 151 Å². The van der Waals surface area contributed by atoms with E-state index in [0.29, 0.717) is 16.5 Å². The van der Waals surface area contributed by atoms with Gasteiger partial charge >= 0.3 is 5.97 Å². The zero-order valence-corrected chi connectivity index (χ0v) is 19.8. The number of benzene rings is 1. The fraction of sp³-hybridized carbons (Fsp3) is 0.174. The van der Waals surface area contributed by atoms with Crippen molar-refractivity contribution < 1.29 is 19.5 Å². The SMILES string of the molecule is Nc1nc2ccc(NCC(=O)NC3C(=O)N4C(C(=O)O)=C(C=Cc5cccnc5)CS[C@@H]34)cc2s1. The number of nitrogens with one attached hydrogen (secondary N) is 2. The Labute approximate surface area is 207 Å². The quantitative estimate of drug-likeness (QED) is 0.352. The number of carbonyl (C=O) groups is 3. The molecule has 1 fully saturated rings. The minimum Gasteiger partial charge on any atom is -0.477 e. The van der Waals surface area contributed by atoms with Crippen molar-refractivity contribution in [3.8, 4) is 0 Å². The van der Waals surface area contributed by atoms with E-state index >= 15 is 0 Å². The molecule has 0 spiro atoms. The first kappa shape index (κ1) is 22.9. The van der Waals surface area contributed by atoms with Gasteiger partial charge in [-0.1, -0.05) is 29.6 Å². The van der Waals surface area contributed by atoms with Crippen LogP contribution in [-0.2, 0) is 14.4 Å². The second kappa shape index (κ2) is 9.39. The van der Waals surface area contributed by atoms with Crippen molar-refractivity contribution >= 4 is 68.0 Å². The van der Waals surface area contributed by atoms with Crippen molar-refractivity contribution in [2.75, 3.05) is 23.3 Å². The number of aromatic nitrogens is 2. The molecule has 10 nitrogen and oxygen atoms in total. The van der Waals surface area contributed by atoms with Gasteiger partial charge in [0.25, 0.3) is 5.91 Å². The molecule has 0 radical (unpaired) electrons. The molecule has 5 rings (SSSR count). The largest absolute Gasteiger partial charge is 0.477 e. The Balaban J connectivity index is 1.23. The third kappa shape index (κ3) is 4.57. The minimum absolute atomic E-state index is 0.0400. The van der Waals surface area contributed by atoms with Crippen LogP contribution >= 0.6 is 23.1 Å². The summed E-state index contributed by atoms with van der Waals surface area (Å²) in [6, 6.07) is 8.32. The monoisotopic (exact) mass is 508 g/mol. The van der Waals surface area contributed by atoms with Crippen LogP contribution in [-0.4, -0.2) is 61.5 Å². The zero-order valence-electron chi connectivity index (χ0n) is 18.2. The second-order valence-electron chi connectivity index (χ2n) is 7.84. The highest BCUT2D eigenvalue weighted by Crippen LogP contribution is 2.40. The van der Waals surface area contributed by atoms with Gasteiger partial charge in [0.05, 0.1) is 16.8 Å². The predicted octanol–water partition coefficient (Wildman–Crippen LogP) is 2.14. The van der Waals surface area contributed by atoms with E-state index in [2.05, 4.69) is 20.6 Å². The molecule has 3 aromatic rings. The van der Waals surface area contributed by atoms with Gasteiger partial charge in [-0.3, -0.25) is 19.5 Å². The average Bonchev–Trinajstić information content (AvgIpc) is 3.23. The normalized spacial score (nSPS) is 19.5. The molecular formula is C23H20N6O4S2. The number of carboxylic acid groups (broad SMARTS) is 1. The number of nitrogens with two attached hydrogens (primary N) is 1. The van der Waals surface area contributed by atoms with Crippen molar-refractivity contribution in [1.82, 2.24) is 20.2 Å². The molecule has 0 aliphatic carbocycles. The van der Waals surface area contributed by atoms with Crippen LogP contribution in [0.1, 0.15) is 5.56 Å². The molecule has 1 aromatic carbocycles. The summed E-state index contributed by atoms with van der Waals surface area (Å²) in [6.07, 6.45) is 6.77. The zero-order chi connectivity index (χ0) is 24.5. The van der Waals surface area contributed by atoms with E-state index in [1.807, 2.05) is 18.2 Å². The minimum atomic E-state index is -1.18. The number of allylic oxidation sites excluding steroid dienone is 1. The summed E-state index contributed by atoms with van der Waals surface area (Å²) in [5, 5.41) is 15.5. The Hall–Kier alpha value is -3.90. The van der Waals surface area contributed by atoms with Crippen LogP contribution in [0.15, 0.2) is 60.1 Å². The van der Waals surface area contributed by atoms with Crippen molar-refractivity contribution in [2.45, 2.75) is 11.4 Å². The van der Waals surface area contributed by atoms with Crippen LogP contribution < -0.4 is 16.4 Å². The molecule has 2 amide bonds. The maximum Gasteiger partial charge on any atom is 0.352 e. The van der Waals surface area contributed by atoms with Gasteiger partial charge in [0.15, 0.2) is 5.13 Å². The maximum atomic E-state index is 12.8. The Morgan fingerprint density at radius 3 is 2.91 bits per heavy atom. The van der Waals surface area contributed by atoms with E-state index in [-0.39, 0.29) is 18.1 Å². The van der Waals surface area contributed by atoms with Gasteiger partial charge in [-0.25, -0.2) is 9.78 Å². The molecular weight excluding hydrogens is 488 g/mol. The number of fused-ring (bicyclic) bond motifs is 2. The number of pyridine rings is 1. The van der Waals surface area contributed by atoms with Crippen molar-refractivity contribution in [2.24, 2.45) is 0 Å². The average molecular weight is 509 g/mol. The number of aliphatic carboxylic acids is 1. The lowest BCUT2D eigenvalue weighted by atomic mass is 10.0. The standard InChI is InChI=1S/C23H20N6O4S2/c24-23-27-15-6-5-14(8-16(15)35-23)26-10-17(30)28-18-20(31)29-19(22(32)33)13(11-34-21(18)29)4-3-12-2-1-7-25-9-12/h1-9,18,21,26H,10-11H2,(H2,24,27)(H,28,30)(H,32,33)/t18?,21-/m0/s1. The van der Waals surface area contributed by atoms with Gasteiger partial charge in [-0.15, -0.1) is 11.8 Å². The van der Waals surface area contributed by atoms with Gasteiger partial charge < -0.3 is 21.5 Å². The van der Waals surface area contributed by atoms with E-state index in [1.54, 1.807) is 36.7 Å². The molecule has 4 heterocycles. The van der Waals surface area contributed by atoms with Gasteiger partial charge in [0.2, 0.25) is 5.91 Å². The molecule has 2 atom stereocenters. The number of nitrogen functional groups attached to an aromatic ring is 1. The second-order valence-corrected chi connectivity index (χ2v) is 10.0. The van der Waals surface area contributed by atoms with E-state index in [1.165, 1.54) is 28.0 Å². The number of hydrogen-bond acceptors (Lipinski definition) is 9. The molecule has 2 aliphatic rings. The molecule has 2 aliphatic heterocycles. The van der Waals surface area contributed by atoms with Crippen LogP contribution in [0.5, 0.6) is 0 Å². The van der Waals surface area contributed by atoms with Crippen molar-refractivity contribution in [1.29, 1.82) is 0 Å². The highest BCUT2D eigenvalue weighted by Gasteiger charge is 2.53. The number of hydrogen-bond donors (Lipinski definition) is 4. The smallest absolute Gasteiger partial charge is 0.352 e. The van der Waals surface area contributed by atoms with Crippen LogP contribution in [0.3, 0.4) is 0 Å². The molecule has 2 aromatic heterocycles. The van der Waals surface area contributed by atoms with Gasteiger partial charge in [-0.2, -0.15) is 0 Å². The first-order valence-corrected chi connectivity index (χ1v) is 12.5. The fourth-order valence-corrected chi connectivity index (χ4v) is 5.99. The lowest BCUT2D eigenvalue weighted by molar-refractivity contribution is -0.150. The van der Waals surface area contributed by atoms with Crippen LogP contribution in [0.2, 0.25) is 0 Å². The lowest BCUT2D eigenvalue weighted by Gasteiger charge is -2.49. The molecule has 1 unspecified atom stereocenters. The number of thiazole rings is 1. The van der Waals surface area contributed by atoms with E-state index in [4.69, 9.17) is 5.73 Å². The maximum absolute atomic E-state index is 12.8. The Morgan fingerprint density at radius 2 is 2.14 bits per heavy atom. The molecule has 35 heavy (non-hydrogen) atoms. The third-order valence-electron chi connectivity index (χ3n) is 5.54. The number of thioether (sulfide) groups is 1. The summed E-state index contributed by atoms with van der Waals surface area (Å²) < 4.78 is 0.901. The van der Waals surface area contributed by atoms with E-state index < -0.39 is 23.3 Å². The summed E-state index contributed by atoms with van der Waals surface area (Å²) in [4.78, 5) is 46.8. The molecule has 178 valence electrons. The first-order valence-electron chi connectivity index (χ1n) is 10.6. The highest BCUT2D eigenvalue weighted by molar-refractivity contribution is 8.00. The van der Waals surface area contributed by atoms with Gasteiger partial charge in [0, 0.05) is 23.8 Å². The highest BCUT2D eigenvalue weighted by atomic mass is 32.2. The number of carbonyl (C=O) groups excluding carboxylic acids is 2. The third-order valence-corrected chi connectivity index (χ3v) is 7.69. The van der Waals surface area contributed by atoms with Crippen LogP contribution in [0.4, 0.5) is 10.8 Å². The van der Waals surface area contributed by atoms with Gasteiger partial charge in [0.1, 0.15) is 17.1 Å². The Morgan fingerprint density at radius 1 is 1.29 bits per heavy atom. The van der Waals surface area contributed by atoms with E-state index in [9.17, 15) is 19.5 Å². The first-order chi connectivity index (χ1) is 16.9. The summed E-state index contributed by atoms with van der Waals surface area (Å²) in [5.74, 6) is -1.59. The summed E-state index contributed by atoms with van der Waals surface area (Å²) in [7, 11) is 0. The number of anilines is 2. The summed E-state index contributed by atoms with van der Waals surface area (Å²) in [5.41, 5.74) is 8.53. The van der Waals surface area contributed by atoms with E-state index in [0.717, 1.165) is 21.5 Å². The number of β-lactam (4-membered cyclic amide) rings is 1. The number of rotatable bonds is 7. The predicted molar refractivity (Wildman–Crippen MR) is 135 cm³/mol. The molecule has 0 bridgehead atoms. The molecule has 1 saturated heterocycles. The Kier molecular flexibility index (Phi) is 6.14. The van der Waals surface area contributed by atoms with Gasteiger partial charge in [-0.05, 0) is 35.4 Å². The number of carboxylic acids is 1. The van der Waals surface area contributed by atoms with Crippen molar-refractivity contribution in [3.63, 3.8) is 0 Å². The molecule has 0 saturated carbocycles. The summed E-state index contributed by atoms with van der Waals surface area (Å²) in [6.45, 7) is -0.0400. The van der Waals surface area contributed by atoms with Crippen molar-refractivity contribution in [3.05, 3.63) is 65.6 Å². The number of amides is 2. The number of nitrogens with zero attached hydrogens (tertiary/aromatic N) is 3. The Bertz CT molecular complexity index is 1390. The van der Waals surface area contributed by atoms with Crippen LogP contribution in [0, 0.1) is 0 Å².